The number of hydrogen-bond donors (Lipinski definition) is 1. The van der Waals surface area contributed by atoms with Crippen molar-refractivity contribution in [1.82, 2.24) is 15.3 Å². The van der Waals surface area contributed by atoms with Crippen LogP contribution in [0.15, 0.2) is 36.8 Å². The molecule has 2 rings (SSSR count). The summed E-state index contributed by atoms with van der Waals surface area (Å²) in [7, 11) is 0. The molecule has 0 aliphatic heterocycles. The minimum Gasteiger partial charge on any atom is -0.307 e. The van der Waals surface area contributed by atoms with E-state index >= 15 is 0 Å². The fraction of sp³-hybridized carbons (Fsp3) is 0.231. The number of nitrogens with one attached hydrogen (secondary N) is 1. The van der Waals surface area contributed by atoms with Gasteiger partial charge in [-0.3, -0.25) is 9.97 Å². The SMILES string of the molecule is Cc1cccnc1CNCc1cncc(F)c1. The second kappa shape index (κ2) is 5.50. The van der Waals surface area contributed by atoms with Crippen LogP contribution in [0.5, 0.6) is 0 Å². The molecular formula is C13H14FN3. The van der Waals surface area contributed by atoms with Crippen molar-refractivity contribution >= 4 is 0 Å². The molecule has 2 aromatic heterocycles. The molecule has 0 spiro atoms. The standard InChI is InChI=1S/C13H14FN3/c1-10-3-2-4-17-13(10)9-16-7-11-5-12(14)8-15-6-11/h2-6,8,16H,7,9H2,1H3. The lowest BCUT2D eigenvalue weighted by Crippen LogP contribution is -2.14. The first kappa shape index (κ1) is 11.7. The van der Waals surface area contributed by atoms with Gasteiger partial charge in [0, 0.05) is 25.5 Å². The second-order valence-electron chi connectivity index (χ2n) is 3.88. The van der Waals surface area contributed by atoms with Gasteiger partial charge in [-0.2, -0.15) is 0 Å². The van der Waals surface area contributed by atoms with Crippen molar-refractivity contribution in [2.45, 2.75) is 20.0 Å². The van der Waals surface area contributed by atoms with Crippen molar-refractivity contribution in [3.8, 4) is 0 Å². The van der Waals surface area contributed by atoms with Gasteiger partial charge in [0.15, 0.2) is 0 Å². The van der Waals surface area contributed by atoms with Crippen LogP contribution in [0, 0.1) is 12.7 Å². The molecule has 0 atom stereocenters. The van der Waals surface area contributed by atoms with Crippen LogP contribution in [0.3, 0.4) is 0 Å². The first-order chi connectivity index (χ1) is 8.25. The van der Waals surface area contributed by atoms with Gasteiger partial charge in [-0.05, 0) is 30.2 Å². The molecule has 88 valence electrons. The Balaban J connectivity index is 1.90. The number of nitrogens with zero attached hydrogens (tertiary/aromatic N) is 2. The highest BCUT2D eigenvalue weighted by atomic mass is 19.1. The Bertz CT molecular complexity index is 500. The van der Waals surface area contributed by atoms with Gasteiger partial charge in [-0.1, -0.05) is 6.07 Å². The van der Waals surface area contributed by atoms with Crippen LogP contribution in [0.1, 0.15) is 16.8 Å². The predicted octanol–water partition coefficient (Wildman–Crippen LogP) is 2.21. The van der Waals surface area contributed by atoms with Crippen LogP contribution in [0.2, 0.25) is 0 Å². The highest BCUT2D eigenvalue weighted by molar-refractivity contribution is 5.17. The topological polar surface area (TPSA) is 37.8 Å². The molecule has 0 fully saturated rings. The summed E-state index contributed by atoms with van der Waals surface area (Å²) in [6.45, 7) is 3.28. The third-order valence-electron chi connectivity index (χ3n) is 2.50. The summed E-state index contributed by atoms with van der Waals surface area (Å²) in [6.07, 6.45) is 4.63. The largest absolute Gasteiger partial charge is 0.307 e. The van der Waals surface area contributed by atoms with Crippen LogP contribution < -0.4 is 5.32 Å². The highest BCUT2D eigenvalue weighted by Crippen LogP contribution is 2.04. The van der Waals surface area contributed by atoms with Crippen LogP contribution in [0.25, 0.3) is 0 Å². The Morgan fingerprint density at radius 3 is 2.94 bits per heavy atom. The molecule has 0 bridgehead atoms. The smallest absolute Gasteiger partial charge is 0.141 e. The number of aromatic nitrogens is 2. The van der Waals surface area contributed by atoms with E-state index in [1.165, 1.54) is 12.3 Å². The molecule has 0 aliphatic carbocycles. The van der Waals surface area contributed by atoms with Crippen molar-refractivity contribution in [2.24, 2.45) is 0 Å². The molecule has 0 aromatic carbocycles. The minimum absolute atomic E-state index is 0.307. The number of halogens is 1. The van der Waals surface area contributed by atoms with E-state index in [-0.39, 0.29) is 5.82 Å². The van der Waals surface area contributed by atoms with Gasteiger partial charge in [0.05, 0.1) is 11.9 Å². The van der Waals surface area contributed by atoms with Crippen molar-refractivity contribution < 1.29 is 4.39 Å². The van der Waals surface area contributed by atoms with E-state index in [0.717, 1.165) is 16.8 Å². The Hall–Kier alpha value is -1.81. The first-order valence-electron chi connectivity index (χ1n) is 5.46. The molecule has 0 saturated carbocycles. The van der Waals surface area contributed by atoms with Crippen molar-refractivity contribution in [2.75, 3.05) is 0 Å². The normalized spacial score (nSPS) is 10.5. The Labute approximate surface area is 99.7 Å². The third-order valence-corrected chi connectivity index (χ3v) is 2.50. The lowest BCUT2D eigenvalue weighted by atomic mass is 10.2. The van der Waals surface area contributed by atoms with E-state index < -0.39 is 0 Å². The van der Waals surface area contributed by atoms with Gasteiger partial charge in [0.2, 0.25) is 0 Å². The molecule has 1 N–H and O–H groups in total. The van der Waals surface area contributed by atoms with Gasteiger partial charge in [0.25, 0.3) is 0 Å². The summed E-state index contributed by atoms with van der Waals surface area (Å²) < 4.78 is 12.9. The van der Waals surface area contributed by atoms with Crippen LogP contribution >= 0.6 is 0 Å². The number of pyridine rings is 2. The molecule has 0 radical (unpaired) electrons. The summed E-state index contributed by atoms with van der Waals surface area (Å²) in [6, 6.07) is 5.41. The summed E-state index contributed by atoms with van der Waals surface area (Å²) in [5.41, 5.74) is 2.99. The molecule has 17 heavy (non-hydrogen) atoms. The van der Waals surface area contributed by atoms with Gasteiger partial charge >= 0.3 is 0 Å². The predicted molar refractivity (Wildman–Crippen MR) is 63.7 cm³/mol. The summed E-state index contributed by atoms with van der Waals surface area (Å²) >= 11 is 0. The highest BCUT2D eigenvalue weighted by Gasteiger charge is 1.99. The molecule has 0 saturated heterocycles. The van der Waals surface area contributed by atoms with E-state index in [4.69, 9.17) is 0 Å². The lowest BCUT2D eigenvalue weighted by molar-refractivity contribution is 0.611. The molecular weight excluding hydrogens is 217 g/mol. The zero-order chi connectivity index (χ0) is 12.1. The third kappa shape index (κ3) is 3.32. The monoisotopic (exact) mass is 231 g/mol. The van der Waals surface area contributed by atoms with E-state index in [1.54, 1.807) is 12.4 Å². The quantitative estimate of drug-likeness (QED) is 0.876. The Morgan fingerprint density at radius 2 is 2.18 bits per heavy atom. The van der Waals surface area contributed by atoms with Crippen LogP contribution in [0.4, 0.5) is 4.39 Å². The molecule has 2 heterocycles. The first-order valence-corrected chi connectivity index (χ1v) is 5.46. The number of aryl methyl sites for hydroxylation is 1. The maximum absolute atomic E-state index is 12.9. The summed E-state index contributed by atoms with van der Waals surface area (Å²) in [5, 5.41) is 3.22. The maximum Gasteiger partial charge on any atom is 0.141 e. The molecule has 0 amide bonds. The zero-order valence-corrected chi connectivity index (χ0v) is 9.65. The number of rotatable bonds is 4. The minimum atomic E-state index is -0.307. The van der Waals surface area contributed by atoms with Crippen molar-refractivity contribution in [1.29, 1.82) is 0 Å². The summed E-state index contributed by atoms with van der Waals surface area (Å²) in [4.78, 5) is 8.07. The fourth-order valence-electron chi connectivity index (χ4n) is 1.58. The van der Waals surface area contributed by atoms with Crippen molar-refractivity contribution in [3.05, 3.63) is 59.4 Å². The van der Waals surface area contributed by atoms with Gasteiger partial charge in [-0.25, -0.2) is 4.39 Å². The van der Waals surface area contributed by atoms with E-state index in [0.29, 0.717) is 13.1 Å². The van der Waals surface area contributed by atoms with E-state index in [1.807, 2.05) is 19.1 Å². The van der Waals surface area contributed by atoms with Crippen molar-refractivity contribution in [3.63, 3.8) is 0 Å². The number of hydrogen-bond acceptors (Lipinski definition) is 3. The van der Waals surface area contributed by atoms with Crippen LogP contribution in [-0.2, 0) is 13.1 Å². The average molecular weight is 231 g/mol. The zero-order valence-electron chi connectivity index (χ0n) is 9.65. The summed E-state index contributed by atoms with van der Waals surface area (Å²) in [5.74, 6) is -0.307. The molecule has 4 heteroatoms. The molecule has 2 aromatic rings. The van der Waals surface area contributed by atoms with E-state index in [2.05, 4.69) is 15.3 Å². The fourth-order valence-corrected chi connectivity index (χ4v) is 1.58. The Morgan fingerprint density at radius 1 is 1.29 bits per heavy atom. The maximum atomic E-state index is 12.9. The lowest BCUT2D eigenvalue weighted by Gasteiger charge is -2.06. The molecule has 0 unspecified atom stereocenters. The van der Waals surface area contributed by atoms with E-state index in [9.17, 15) is 4.39 Å². The Kier molecular flexibility index (Phi) is 3.77. The molecule has 0 aliphatic rings. The van der Waals surface area contributed by atoms with Gasteiger partial charge in [0.1, 0.15) is 5.82 Å². The van der Waals surface area contributed by atoms with Gasteiger partial charge in [-0.15, -0.1) is 0 Å². The second-order valence-corrected chi connectivity index (χ2v) is 3.88. The van der Waals surface area contributed by atoms with Gasteiger partial charge < -0.3 is 5.32 Å². The molecule has 3 nitrogen and oxygen atoms in total. The van der Waals surface area contributed by atoms with Crippen LogP contribution in [-0.4, -0.2) is 9.97 Å². The average Bonchev–Trinajstić information content (AvgIpc) is 2.32.